The number of carbonyl (C=O) groups is 4. The van der Waals surface area contributed by atoms with Crippen molar-refractivity contribution in [3.05, 3.63) is 64.1 Å². The highest BCUT2D eigenvalue weighted by molar-refractivity contribution is 6.35. The maximum absolute atomic E-state index is 12.4. The van der Waals surface area contributed by atoms with Gasteiger partial charge in [-0.3, -0.25) is 9.59 Å². The van der Waals surface area contributed by atoms with E-state index in [0.29, 0.717) is 5.02 Å². The van der Waals surface area contributed by atoms with E-state index in [-0.39, 0.29) is 30.2 Å². The molecule has 0 aliphatic heterocycles. The minimum atomic E-state index is -1.24. The predicted octanol–water partition coefficient (Wildman–Crippen LogP) is 3.04. The van der Waals surface area contributed by atoms with Crippen LogP contribution in [0.4, 0.5) is 10.5 Å². The molecule has 4 N–H and O–H groups in total. The topological polar surface area (TPSA) is 137 Å². The van der Waals surface area contributed by atoms with E-state index >= 15 is 0 Å². The van der Waals surface area contributed by atoms with Crippen LogP contribution in [0.3, 0.4) is 0 Å². The molecule has 2 aromatic rings. The summed E-state index contributed by atoms with van der Waals surface area (Å²) in [5.41, 5.74) is 6.11. The van der Waals surface area contributed by atoms with E-state index in [2.05, 4.69) is 10.6 Å². The van der Waals surface area contributed by atoms with Gasteiger partial charge in [0.25, 0.3) is 5.91 Å². The number of carbonyl (C=O) groups excluding carboxylic acids is 4. The van der Waals surface area contributed by atoms with Crippen LogP contribution in [0.25, 0.3) is 0 Å². The fourth-order valence-corrected chi connectivity index (χ4v) is 2.80. The number of hydrogen-bond acceptors (Lipinski definition) is 6. The van der Waals surface area contributed by atoms with Gasteiger partial charge in [0.05, 0.1) is 10.7 Å². The molecule has 0 fully saturated rings. The number of amides is 3. The SMILES string of the molecule is NC(=O)CC[C@H](NC(=O)OCc1ccccc1)C(=O)OCC(=O)Nc1cc(Cl)ccc1Cl. The molecule has 9 nitrogen and oxygen atoms in total. The number of halogens is 2. The van der Waals surface area contributed by atoms with Crippen molar-refractivity contribution in [2.75, 3.05) is 11.9 Å². The van der Waals surface area contributed by atoms with Gasteiger partial charge in [-0.2, -0.15) is 0 Å². The molecule has 32 heavy (non-hydrogen) atoms. The third-order valence-electron chi connectivity index (χ3n) is 4.02. The molecule has 0 aliphatic carbocycles. The molecule has 11 heteroatoms. The average molecular weight is 482 g/mol. The number of nitrogens with one attached hydrogen (secondary N) is 2. The molecular formula is C21H21Cl2N3O6. The lowest BCUT2D eigenvalue weighted by Crippen LogP contribution is -2.43. The number of anilines is 1. The Kier molecular flexibility index (Phi) is 9.77. The number of benzene rings is 2. The Bertz CT molecular complexity index is 971. The number of rotatable bonds is 10. The maximum Gasteiger partial charge on any atom is 0.408 e. The highest BCUT2D eigenvalue weighted by Gasteiger charge is 2.24. The van der Waals surface area contributed by atoms with Crippen molar-refractivity contribution in [3.63, 3.8) is 0 Å². The van der Waals surface area contributed by atoms with Crippen LogP contribution in [0.1, 0.15) is 18.4 Å². The van der Waals surface area contributed by atoms with Crippen LogP contribution in [0.2, 0.25) is 10.0 Å². The highest BCUT2D eigenvalue weighted by Crippen LogP contribution is 2.25. The first-order valence-corrected chi connectivity index (χ1v) is 10.2. The van der Waals surface area contributed by atoms with Crippen LogP contribution in [0, 0.1) is 0 Å². The molecule has 0 heterocycles. The van der Waals surface area contributed by atoms with Gasteiger partial charge in [-0.1, -0.05) is 53.5 Å². The van der Waals surface area contributed by atoms with Gasteiger partial charge < -0.3 is 25.8 Å². The monoisotopic (exact) mass is 481 g/mol. The summed E-state index contributed by atoms with van der Waals surface area (Å²) in [7, 11) is 0. The highest BCUT2D eigenvalue weighted by atomic mass is 35.5. The Morgan fingerprint density at radius 3 is 2.41 bits per heavy atom. The Hall–Kier alpha value is -3.30. The van der Waals surface area contributed by atoms with Gasteiger partial charge in [0, 0.05) is 11.4 Å². The second-order valence-corrected chi connectivity index (χ2v) is 7.39. The van der Waals surface area contributed by atoms with Crippen LogP contribution < -0.4 is 16.4 Å². The molecule has 1 atom stereocenters. The third kappa shape index (κ3) is 8.83. The molecule has 170 valence electrons. The summed E-state index contributed by atoms with van der Waals surface area (Å²) in [6.45, 7) is -0.678. The lowest BCUT2D eigenvalue weighted by Gasteiger charge is -2.17. The first-order valence-electron chi connectivity index (χ1n) is 9.41. The van der Waals surface area contributed by atoms with Crippen LogP contribution >= 0.6 is 23.2 Å². The third-order valence-corrected chi connectivity index (χ3v) is 4.58. The number of hydrogen-bond donors (Lipinski definition) is 3. The van der Waals surface area contributed by atoms with E-state index in [0.717, 1.165) is 5.56 Å². The van der Waals surface area contributed by atoms with Crippen LogP contribution in [-0.4, -0.2) is 36.5 Å². The quantitative estimate of drug-likeness (QED) is 0.446. The Labute approximate surface area is 194 Å². The van der Waals surface area contributed by atoms with E-state index in [1.807, 2.05) is 6.07 Å². The van der Waals surface area contributed by atoms with Crippen LogP contribution in [0.5, 0.6) is 0 Å². The minimum Gasteiger partial charge on any atom is -0.454 e. The molecule has 2 rings (SSSR count). The summed E-state index contributed by atoms with van der Waals surface area (Å²) in [6.07, 6.45) is -1.21. The number of esters is 1. The van der Waals surface area contributed by atoms with Crippen molar-refractivity contribution >= 4 is 52.8 Å². The van der Waals surface area contributed by atoms with Crippen LogP contribution in [-0.2, 0) is 30.5 Å². The first-order chi connectivity index (χ1) is 15.2. The molecule has 0 saturated carbocycles. The molecule has 2 aromatic carbocycles. The number of nitrogens with two attached hydrogens (primary N) is 1. The lowest BCUT2D eigenvalue weighted by molar-refractivity contribution is -0.149. The number of ether oxygens (including phenoxy) is 2. The summed E-state index contributed by atoms with van der Waals surface area (Å²) in [5, 5.41) is 5.37. The molecule has 0 aromatic heterocycles. The van der Waals surface area contributed by atoms with Gasteiger partial charge in [-0.15, -0.1) is 0 Å². The largest absolute Gasteiger partial charge is 0.454 e. The zero-order valence-electron chi connectivity index (χ0n) is 16.8. The van der Waals surface area contributed by atoms with Crippen molar-refractivity contribution in [2.45, 2.75) is 25.5 Å². The standard InChI is InChI=1S/C21H21Cl2N3O6/c22-14-6-7-15(23)17(10-14)25-19(28)12-31-20(29)16(8-9-18(24)27)26-21(30)32-11-13-4-2-1-3-5-13/h1-7,10,16H,8-9,11-12H2,(H2,24,27)(H,25,28)(H,26,30)/t16-/m0/s1. The van der Waals surface area contributed by atoms with Crippen molar-refractivity contribution < 1.29 is 28.7 Å². The Morgan fingerprint density at radius 1 is 1.00 bits per heavy atom. The van der Waals surface area contributed by atoms with E-state index in [9.17, 15) is 19.2 Å². The lowest BCUT2D eigenvalue weighted by atomic mass is 10.1. The van der Waals surface area contributed by atoms with E-state index in [1.54, 1.807) is 30.3 Å². The molecule has 0 bridgehead atoms. The van der Waals surface area contributed by atoms with Gasteiger partial charge in [0.15, 0.2) is 6.61 Å². The summed E-state index contributed by atoms with van der Waals surface area (Å²) in [4.78, 5) is 47.6. The smallest absolute Gasteiger partial charge is 0.408 e. The van der Waals surface area contributed by atoms with E-state index in [1.165, 1.54) is 12.1 Å². The number of primary amides is 1. The van der Waals surface area contributed by atoms with Crippen molar-refractivity contribution in [1.82, 2.24) is 5.32 Å². The fraction of sp³-hybridized carbons (Fsp3) is 0.238. The van der Waals surface area contributed by atoms with E-state index in [4.69, 9.17) is 38.4 Å². The van der Waals surface area contributed by atoms with Gasteiger partial charge in [0.2, 0.25) is 5.91 Å². The zero-order chi connectivity index (χ0) is 23.5. The summed E-state index contributed by atoms with van der Waals surface area (Å²) < 4.78 is 10.0. The molecule has 0 aliphatic rings. The van der Waals surface area contributed by atoms with Crippen molar-refractivity contribution in [3.8, 4) is 0 Å². The molecule has 3 amide bonds. The van der Waals surface area contributed by atoms with Crippen molar-refractivity contribution in [2.24, 2.45) is 5.73 Å². The summed E-state index contributed by atoms with van der Waals surface area (Å²) >= 11 is 11.8. The summed E-state index contributed by atoms with van der Waals surface area (Å²) in [5.74, 6) is -2.28. The number of alkyl carbamates (subject to hydrolysis) is 1. The summed E-state index contributed by atoms with van der Waals surface area (Å²) in [6, 6.07) is 12.1. The van der Waals surface area contributed by atoms with Gasteiger partial charge in [-0.05, 0) is 30.2 Å². The fourth-order valence-electron chi connectivity index (χ4n) is 2.46. The second kappa shape index (κ2) is 12.5. The van der Waals surface area contributed by atoms with Crippen LogP contribution in [0.15, 0.2) is 48.5 Å². The predicted molar refractivity (Wildman–Crippen MR) is 118 cm³/mol. The zero-order valence-corrected chi connectivity index (χ0v) is 18.3. The molecule has 0 saturated heterocycles. The van der Waals surface area contributed by atoms with Gasteiger partial charge in [0.1, 0.15) is 12.6 Å². The second-order valence-electron chi connectivity index (χ2n) is 6.54. The molecule has 0 unspecified atom stereocenters. The maximum atomic E-state index is 12.4. The first kappa shape index (κ1) is 25.0. The molecule has 0 radical (unpaired) electrons. The average Bonchev–Trinajstić information content (AvgIpc) is 2.76. The molecular weight excluding hydrogens is 461 g/mol. The van der Waals surface area contributed by atoms with Gasteiger partial charge in [-0.25, -0.2) is 9.59 Å². The Morgan fingerprint density at radius 2 is 1.72 bits per heavy atom. The normalized spacial score (nSPS) is 11.2. The minimum absolute atomic E-state index is 0.0208. The van der Waals surface area contributed by atoms with Gasteiger partial charge >= 0.3 is 12.1 Å². The molecule has 0 spiro atoms. The van der Waals surface area contributed by atoms with Crippen molar-refractivity contribution in [1.29, 1.82) is 0 Å². The van der Waals surface area contributed by atoms with E-state index < -0.39 is 36.5 Å². The Balaban J connectivity index is 1.89.